The lowest BCUT2D eigenvalue weighted by molar-refractivity contribution is 0.386. The van der Waals surface area contributed by atoms with Crippen molar-refractivity contribution in [3.63, 3.8) is 0 Å². The Labute approximate surface area is 67.0 Å². The number of hydrogen-bond acceptors (Lipinski definition) is 2. The molecule has 3 heteroatoms. The molecule has 0 spiro atoms. The summed E-state index contributed by atoms with van der Waals surface area (Å²) in [5.41, 5.74) is 1.18. The highest BCUT2D eigenvalue weighted by Crippen LogP contribution is 2.15. The summed E-state index contributed by atoms with van der Waals surface area (Å²) in [5, 5.41) is 4.21. The van der Waals surface area contributed by atoms with Gasteiger partial charge in [-0.1, -0.05) is 6.92 Å². The average Bonchev–Trinajstić information content (AvgIpc) is 2.46. The molecule has 0 aromatic carbocycles. The van der Waals surface area contributed by atoms with E-state index in [2.05, 4.69) is 18.9 Å². The predicted molar refractivity (Wildman–Crippen MR) is 43.8 cm³/mol. The van der Waals surface area contributed by atoms with E-state index in [1.807, 2.05) is 10.9 Å². The molecular formula is C8H14N2O. The monoisotopic (exact) mass is 154 g/mol. The molecule has 0 aliphatic heterocycles. The first-order valence-corrected chi connectivity index (χ1v) is 3.92. The highest BCUT2D eigenvalue weighted by Gasteiger charge is 2.04. The fourth-order valence-corrected chi connectivity index (χ4v) is 1.02. The summed E-state index contributed by atoms with van der Waals surface area (Å²) >= 11 is 0. The van der Waals surface area contributed by atoms with Crippen molar-refractivity contribution in [2.24, 2.45) is 0 Å². The molecule has 0 saturated heterocycles. The summed E-state index contributed by atoms with van der Waals surface area (Å²) in [6, 6.07) is 0. The van der Waals surface area contributed by atoms with Gasteiger partial charge in [0.15, 0.2) is 0 Å². The van der Waals surface area contributed by atoms with E-state index in [9.17, 15) is 0 Å². The second-order valence-electron chi connectivity index (χ2n) is 2.37. The van der Waals surface area contributed by atoms with Crippen LogP contribution in [0.5, 0.6) is 5.88 Å². The summed E-state index contributed by atoms with van der Waals surface area (Å²) in [6.45, 7) is 5.06. The molecule has 0 bridgehead atoms. The van der Waals surface area contributed by atoms with Gasteiger partial charge in [0.2, 0.25) is 5.88 Å². The number of hydrogen-bond donors (Lipinski definition) is 0. The van der Waals surface area contributed by atoms with E-state index in [0.29, 0.717) is 0 Å². The van der Waals surface area contributed by atoms with Gasteiger partial charge in [-0.25, -0.2) is 0 Å². The summed E-state index contributed by atoms with van der Waals surface area (Å²) in [7, 11) is 1.65. The largest absolute Gasteiger partial charge is 0.480 e. The van der Waals surface area contributed by atoms with Gasteiger partial charge in [0.1, 0.15) is 0 Å². The molecule has 0 fully saturated rings. The lowest BCUT2D eigenvalue weighted by Gasteiger charge is -1.94. The molecule has 1 rings (SSSR count). The molecule has 0 aliphatic carbocycles. The number of aromatic nitrogens is 2. The van der Waals surface area contributed by atoms with Gasteiger partial charge in [0.25, 0.3) is 0 Å². The highest BCUT2D eigenvalue weighted by molar-refractivity contribution is 5.22. The molecule has 0 atom stereocenters. The molecule has 11 heavy (non-hydrogen) atoms. The standard InChI is InChI=1S/C8H14N2O/c1-4-7-6-10(5-2)9-8(7)11-3/h6H,4-5H2,1-3H3. The molecule has 0 amide bonds. The number of ether oxygens (including phenoxy) is 1. The third-order valence-electron chi connectivity index (χ3n) is 1.70. The summed E-state index contributed by atoms with van der Waals surface area (Å²) in [5.74, 6) is 0.759. The summed E-state index contributed by atoms with van der Waals surface area (Å²) in [6.07, 6.45) is 3.00. The van der Waals surface area contributed by atoms with E-state index in [4.69, 9.17) is 4.74 Å². The first-order chi connectivity index (χ1) is 5.31. The molecular weight excluding hydrogens is 140 g/mol. The molecule has 1 heterocycles. The Morgan fingerprint density at radius 1 is 1.55 bits per heavy atom. The Hall–Kier alpha value is -0.990. The highest BCUT2D eigenvalue weighted by atomic mass is 16.5. The van der Waals surface area contributed by atoms with Gasteiger partial charge in [0.05, 0.1) is 7.11 Å². The fraction of sp³-hybridized carbons (Fsp3) is 0.625. The van der Waals surface area contributed by atoms with Crippen LogP contribution in [0, 0.1) is 0 Å². The summed E-state index contributed by atoms with van der Waals surface area (Å²) in [4.78, 5) is 0. The van der Waals surface area contributed by atoms with Crippen LogP contribution in [0.25, 0.3) is 0 Å². The van der Waals surface area contributed by atoms with Crippen molar-refractivity contribution in [3.8, 4) is 5.88 Å². The maximum absolute atomic E-state index is 5.09. The Morgan fingerprint density at radius 2 is 2.27 bits per heavy atom. The molecule has 0 unspecified atom stereocenters. The maximum Gasteiger partial charge on any atom is 0.235 e. The number of rotatable bonds is 3. The zero-order valence-electron chi connectivity index (χ0n) is 7.29. The van der Waals surface area contributed by atoms with Gasteiger partial charge in [-0.2, -0.15) is 0 Å². The fourth-order valence-electron chi connectivity index (χ4n) is 1.02. The minimum atomic E-state index is 0.759. The van der Waals surface area contributed by atoms with Crippen LogP contribution in [0.2, 0.25) is 0 Å². The molecule has 3 nitrogen and oxygen atoms in total. The van der Waals surface area contributed by atoms with Crippen molar-refractivity contribution in [1.82, 2.24) is 9.78 Å². The first-order valence-electron chi connectivity index (χ1n) is 3.92. The van der Waals surface area contributed by atoms with E-state index in [1.54, 1.807) is 7.11 Å². The van der Waals surface area contributed by atoms with Crippen LogP contribution in [0.4, 0.5) is 0 Å². The topological polar surface area (TPSA) is 27.1 Å². The maximum atomic E-state index is 5.09. The van der Waals surface area contributed by atoms with E-state index in [0.717, 1.165) is 18.8 Å². The van der Waals surface area contributed by atoms with Crippen LogP contribution < -0.4 is 4.74 Å². The van der Waals surface area contributed by atoms with Crippen molar-refractivity contribution in [2.45, 2.75) is 26.8 Å². The number of nitrogens with zero attached hydrogens (tertiary/aromatic N) is 2. The Bertz CT molecular complexity index is 208. The molecule has 0 N–H and O–H groups in total. The van der Waals surface area contributed by atoms with E-state index in [-0.39, 0.29) is 0 Å². The third kappa shape index (κ3) is 1.53. The van der Waals surface area contributed by atoms with Gasteiger partial charge >= 0.3 is 0 Å². The quantitative estimate of drug-likeness (QED) is 0.659. The predicted octanol–water partition coefficient (Wildman–Crippen LogP) is 1.47. The van der Waals surface area contributed by atoms with Crippen molar-refractivity contribution in [3.05, 3.63) is 11.8 Å². The van der Waals surface area contributed by atoms with Gasteiger partial charge in [-0.3, -0.25) is 4.68 Å². The minimum absolute atomic E-state index is 0.759. The smallest absolute Gasteiger partial charge is 0.235 e. The normalized spacial score (nSPS) is 10.1. The Morgan fingerprint density at radius 3 is 2.64 bits per heavy atom. The number of aryl methyl sites for hydroxylation is 2. The van der Waals surface area contributed by atoms with E-state index in [1.165, 1.54) is 5.56 Å². The molecule has 0 saturated carbocycles. The summed E-state index contributed by atoms with van der Waals surface area (Å²) < 4.78 is 6.97. The molecule has 0 radical (unpaired) electrons. The Balaban J connectivity index is 2.92. The van der Waals surface area contributed by atoms with Crippen molar-refractivity contribution >= 4 is 0 Å². The van der Waals surface area contributed by atoms with Crippen LogP contribution >= 0.6 is 0 Å². The van der Waals surface area contributed by atoms with Gasteiger partial charge in [-0.15, -0.1) is 5.10 Å². The van der Waals surface area contributed by atoms with Crippen LogP contribution in [0.15, 0.2) is 6.20 Å². The second kappa shape index (κ2) is 3.42. The van der Waals surface area contributed by atoms with Gasteiger partial charge in [-0.05, 0) is 13.3 Å². The first kappa shape index (κ1) is 8.11. The zero-order chi connectivity index (χ0) is 8.27. The zero-order valence-corrected chi connectivity index (χ0v) is 7.29. The molecule has 0 aliphatic rings. The average molecular weight is 154 g/mol. The lowest BCUT2D eigenvalue weighted by Crippen LogP contribution is -1.94. The number of methoxy groups -OCH3 is 1. The van der Waals surface area contributed by atoms with E-state index >= 15 is 0 Å². The third-order valence-corrected chi connectivity index (χ3v) is 1.70. The molecule has 1 aromatic rings. The van der Waals surface area contributed by atoms with Crippen LogP contribution in [-0.2, 0) is 13.0 Å². The SMILES string of the molecule is CCc1cn(CC)nc1OC. The van der Waals surface area contributed by atoms with Gasteiger partial charge < -0.3 is 4.74 Å². The van der Waals surface area contributed by atoms with Crippen LogP contribution in [0.1, 0.15) is 19.4 Å². The van der Waals surface area contributed by atoms with Crippen molar-refractivity contribution < 1.29 is 4.74 Å². The van der Waals surface area contributed by atoms with E-state index < -0.39 is 0 Å². The Kier molecular flexibility index (Phi) is 2.52. The molecule has 62 valence electrons. The van der Waals surface area contributed by atoms with Gasteiger partial charge in [0, 0.05) is 18.3 Å². The van der Waals surface area contributed by atoms with Crippen molar-refractivity contribution in [2.75, 3.05) is 7.11 Å². The van der Waals surface area contributed by atoms with Crippen LogP contribution in [0.3, 0.4) is 0 Å². The van der Waals surface area contributed by atoms with Crippen LogP contribution in [-0.4, -0.2) is 16.9 Å². The van der Waals surface area contributed by atoms with Crippen molar-refractivity contribution in [1.29, 1.82) is 0 Å². The second-order valence-corrected chi connectivity index (χ2v) is 2.37. The molecule has 1 aromatic heterocycles. The minimum Gasteiger partial charge on any atom is -0.480 e. The lowest BCUT2D eigenvalue weighted by atomic mass is 10.3.